The standard InChI is InChI=1S/C17H27N3O/c1-3-17(9-4-5-10-17)12-19-16(21)20-15-8-6-7-14(11-15)13(2)18/h6-8,11,13H,3-5,9-10,12,18H2,1-2H3,(H2,19,20,21). The smallest absolute Gasteiger partial charge is 0.319 e. The van der Waals surface area contributed by atoms with Crippen LogP contribution in [0.25, 0.3) is 0 Å². The molecule has 0 bridgehead atoms. The van der Waals surface area contributed by atoms with Crippen LogP contribution >= 0.6 is 0 Å². The van der Waals surface area contributed by atoms with Gasteiger partial charge >= 0.3 is 6.03 Å². The highest BCUT2D eigenvalue weighted by Crippen LogP contribution is 2.40. The first-order chi connectivity index (χ1) is 10.0. The number of amides is 2. The molecule has 1 aliphatic carbocycles. The Morgan fingerprint density at radius 1 is 1.38 bits per heavy atom. The molecule has 1 aromatic rings. The van der Waals surface area contributed by atoms with Crippen molar-refractivity contribution in [3.63, 3.8) is 0 Å². The molecule has 4 nitrogen and oxygen atoms in total. The van der Waals surface area contributed by atoms with Crippen molar-refractivity contribution in [1.29, 1.82) is 0 Å². The van der Waals surface area contributed by atoms with E-state index < -0.39 is 0 Å². The lowest BCUT2D eigenvalue weighted by Crippen LogP contribution is -2.38. The predicted molar refractivity (Wildman–Crippen MR) is 87.3 cm³/mol. The van der Waals surface area contributed by atoms with Gasteiger partial charge in [-0.15, -0.1) is 0 Å². The second-order valence-electron chi connectivity index (χ2n) is 6.28. The molecule has 4 heteroatoms. The first kappa shape index (κ1) is 15.8. The Morgan fingerprint density at radius 2 is 2.10 bits per heavy atom. The number of hydrogen-bond donors (Lipinski definition) is 3. The zero-order chi connectivity index (χ0) is 15.3. The average Bonchev–Trinajstić information content (AvgIpc) is 2.95. The molecule has 1 fully saturated rings. The maximum absolute atomic E-state index is 12.1. The average molecular weight is 289 g/mol. The predicted octanol–water partition coefficient (Wildman–Crippen LogP) is 3.80. The van der Waals surface area contributed by atoms with Crippen LogP contribution in [0, 0.1) is 5.41 Å². The minimum atomic E-state index is -0.128. The molecule has 1 saturated carbocycles. The van der Waals surface area contributed by atoms with Crippen LogP contribution < -0.4 is 16.4 Å². The largest absolute Gasteiger partial charge is 0.337 e. The molecule has 116 valence electrons. The van der Waals surface area contributed by atoms with E-state index in [1.807, 2.05) is 31.2 Å². The molecule has 2 amide bonds. The maximum atomic E-state index is 12.1. The normalized spacial score (nSPS) is 18.2. The lowest BCUT2D eigenvalue weighted by molar-refractivity contribution is 0.234. The van der Waals surface area contributed by atoms with Crippen LogP contribution in [0.4, 0.5) is 10.5 Å². The van der Waals surface area contributed by atoms with Crippen LogP contribution in [0.3, 0.4) is 0 Å². The highest BCUT2D eigenvalue weighted by atomic mass is 16.2. The number of carbonyl (C=O) groups is 1. The molecule has 1 aliphatic rings. The summed E-state index contributed by atoms with van der Waals surface area (Å²) in [6, 6.07) is 7.54. The summed E-state index contributed by atoms with van der Waals surface area (Å²) in [5, 5.41) is 5.93. The van der Waals surface area contributed by atoms with Crippen LogP contribution in [0.15, 0.2) is 24.3 Å². The SMILES string of the molecule is CCC1(CNC(=O)Nc2cccc(C(C)N)c2)CCCC1. The van der Waals surface area contributed by atoms with Gasteiger partial charge in [0.25, 0.3) is 0 Å². The summed E-state index contributed by atoms with van der Waals surface area (Å²) in [6.45, 7) is 4.92. The molecule has 0 aromatic heterocycles. The topological polar surface area (TPSA) is 67.2 Å². The van der Waals surface area contributed by atoms with Gasteiger partial charge in [0.1, 0.15) is 0 Å². The van der Waals surface area contributed by atoms with Crippen molar-refractivity contribution < 1.29 is 4.79 Å². The fraction of sp³-hybridized carbons (Fsp3) is 0.588. The van der Waals surface area contributed by atoms with E-state index in [1.165, 1.54) is 25.7 Å². The quantitative estimate of drug-likeness (QED) is 0.772. The van der Waals surface area contributed by atoms with Gasteiger partial charge in [0, 0.05) is 18.3 Å². The fourth-order valence-electron chi connectivity index (χ4n) is 3.12. The molecule has 1 unspecified atom stereocenters. The van der Waals surface area contributed by atoms with Crippen molar-refractivity contribution in [3.05, 3.63) is 29.8 Å². The third-order valence-corrected chi connectivity index (χ3v) is 4.71. The Bertz CT molecular complexity index is 479. The monoisotopic (exact) mass is 289 g/mol. The zero-order valence-corrected chi connectivity index (χ0v) is 13.1. The lowest BCUT2D eigenvalue weighted by atomic mass is 9.83. The Kier molecular flexibility index (Phi) is 5.23. The molecular weight excluding hydrogens is 262 g/mol. The number of urea groups is 1. The van der Waals surface area contributed by atoms with Crippen molar-refractivity contribution in [3.8, 4) is 0 Å². The number of nitrogens with two attached hydrogens (primary N) is 1. The number of nitrogens with one attached hydrogen (secondary N) is 2. The molecule has 0 aliphatic heterocycles. The zero-order valence-electron chi connectivity index (χ0n) is 13.1. The van der Waals surface area contributed by atoms with Gasteiger partial charge < -0.3 is 16.4 Å². The summed E-state index contributed by atoms with van der Waals surface area (Å²) < 4.78 is 0. The highest BCUT2D eigenvalue weighted by molar-refractivity contribution is 5.89. The van der Waals surface area contributed by atoms with Gasteiger partial charge in [-0.05, 0) is 49.3 Å². The van der Waals surface area contributed by atoms with Crippen molar-refractivity contribution in [2.24, 2.45) is 11.1 Å². The number of benzene rings is 1. The van der Waals surface area contributed by atoms with E-state index in [0.717, 1.165) is 24.2 Å². The Hall–Kier alpha value is -1.55. The second-order valence-corrected chi connectivity index (χ2v) is 6.28. The molecule has 2 rings (SSSR count). The summed E-state index contributed by atoms with van der Waals surface area (Å²) in [5.74, 6) is 0. The van der Waals surface area contributed by atoms with E-state index in [9.17, 15) is 4.79 Å². The Balaban J connectivity index is 1.88. The van der Waals surface area contributed by atoms with Gasteiger partial charge in [-0.1, -0.05) is 31.9 Å². The van der Waals surface area contributed by atoms with Crippen molar-refractivity contribution in [2.75, 3.05) is 11.9 Å². The van der Waals surface area contributed by atoms with Crippen LogP contribution in [-0.2, 0) is 0 Å². The van der Waals surface area contributed by atoms with E-state index in [-0.39, 0.29) is 12.1 Å². The van der Waals surface area contributed by atoms with Crippen LogP contribution in [-0.4, -0.2) is 12.6 Å². The van der Waals surface area contributed by atoms with Gasteiger partial charge in [-0.2, -0.15) is 0 Å². The van der Waals surface area contributed by atoms with Gasteiger partial charge in [0.15, 0.2) is 0 Å². The first-order valence-corrected chi connectivity index (χ1v) is 7.95. The van der Waals surface area contributed by atoms with Crippen molar-refractivity contribution >= 4 is 11.7 Å². The van der Waals surface area contributed by atoms with Gasteiger partial charge in [0.2, 0.25) is 0 Å². The first-order valence-electron chi connectivity index (χ1n) is 7.95. The molecule has 0 radical (unpaired) electrons. The number of carbonyl (C=O) groups excluding carboxylic acids is 1. The van der Waals surface area contributed by atoms with Crippen LogP contribution in [0.5, 0.6) is 0 Å². The molecular formula is C17H27N3O. The Morgan fingerprint density at radius 3 is 2.71 bits per heavy atom. The minimum absolute atomic E-state index is 0.0309. The highest BCUT2D eigenvalue weighted by Gasteiger charge is 2.32. The van der Waals surface area contributed by atoms with Crippen LogP contribution in [0.2, 0.25) is 0 Å². The number of rotatable bonds is 5. The molecule has 0 spiro atoms. The summed E-state index contributed by atoms with van der Waals surface area (Å²) >= 11 is 0. The van der Waals surface area contributed by atoms with Crippen molar-refractivity contribution in [1.82, 2.24) is 5.32 Å². The second kappa shape index (κ2) is 6.94. The summed E-state index contributed by atoms with van der Waals surface area (Å²) in [7, 11) is 0. The van der Waals surface area contributed by atoms with Gasteiger partial charge in [0.05, 0.1) is 0 Å². The maximum Gasteiger partial charge on any atom is 0.319 e. The van der Waals surface area contributed by atoms with E-state index >= 15 is 0 Å². The third-order valence-electron chi connectivity index (χ3n) is 4.71. The Labute approximate surface area is 127 Å². The molecule has 21 heavy (non-hydrogen) atoms. The molecule has 0 saturated heterocycles. The van der Waals surface area contributed by atoms with E-state index in [2.05, 4.69) is 17.6 Å². The van der Waals surface area contributed by atoms with E-state index in [4.69, 9.17) is 5.73 Å². The minimum Gasteiger partial charge on any atom is -0.337 e. The van der Waals surface area contributed by atoms with E-state index in [0.29, 0.717) is 5.41 Å². The van der Waals surface area contributed by atoms with Gasteiger partial charge in [-0.25, -0.2) is 4.79 Å². The molecule has 4 N–H and O–H groups in total. The summed E-state index contributed by atoms with van der Waals surface area (Å²) in [6.07, 6.45) is 6.16. The molecule has 1 aromatic carbocycles. The van der Waals surface area contributed by atoms with E-state index in [1.54, 1.807) is 0 Å². The summed E-state index contributed by atoms with van der Waals surface area (Å²) in [4.78, 5) is 12.1. The van der Waals surface area contributed by atoms with Crippen molar-refractivity contribution in [2.45, 2.75) is 52.0 Å². The van der Waals surface area contributed by atoms with Crippen LogP contribution in [0.1, 0.15) is 57.6 Å². The fourth-order valence-corrected chi connectivity index (χ4v) is 3.12. The molecule has 1 atom stereocenters. The number of hydrogen-bond acceptors (Lipinski definition) is 2. The molecule has 0 heterocycles. The third kappa shape index (κ3) is 4.21. The number of anilines is 1. The lowest BCUT2D eigenvalue weighted by Gasteiger charge is -2.27. The summed E-state index contributed by atoms with van der Waals surface area (Å²) in [5.41, 5.74) is 7.99. The van der Waals surface area contributed by atoms with Gasteiger partial charge in [-0.3, -0.25) is 0 Å².